The highest BCUT2D eigenvalue weighted by molar-refractivity contribution is 5.79. The van der Waals surface area contributed by atoms with Gasteiger partial charge in [0.2, 0.25) is 0 Å². The van der Waals surface area contributed by atoms with Gasteiger partial charge in [-0.05, 0) is 40.8 Å². The number of hydrogen-bond acceptors (Lipinski definition) is 6. The molecule has 0 fully saturated rings. The average molecular weight is 430 g/mol. The van der Waals surface area contributed by atoms with Crippen LogP contribution in [0.5, 0.6) is 17.2 Å². The first-order valence-electron chi connectivity index (χ1n) is 9.99. The molecule has 7 heteroatoms. The molecule has 1 atom stereocenters. The number of nitrogens with one attached hydrogen (secondary N) is 1. The maximum absolute atomic E-state index is 12.5. The zero-order valence-electron chi connectivity index (χ0n) is 19.0. The van der Waals surface area contributed by atoms with E-state index in [1.165, 1.54) is 26.9 Å². The number of methoxy groups -OCH3 is 3. The Bertz CT molecular complexity index is 886. The predicted molar refractivity (Wildman–Crippen MR) is 118 cm³/mol. The molecule has 2 rings (SSSR count). The molecule has 0 aliphatic heterocycles. The molecule has 0 heterocycles. The molecule has 0 aliphatic rings. The third-order valence-electron chi connectivity index (χ3n) is 4.83. The van der Waals surface area contributed by atoms with E-state index < -0.39 is 12.0 Å². The van der Waals surface area contributed by atoms with Crippen molar-refractivity contribution in [3.63, 3.8) is 0 Å². The summed E-state index contributed by atoms with van der Waals surface area (Å²) in [7, 11) is 4.37. The van der Waals surface area contributed by atoms with E-state index in [1.54, 1.807) is 18.2 Å². The van der Waals surface area contributed by atoms with Gasteiger partial charge in [0, 0.05) is 0 Å². The Morgan fingerprint density at radius 3 is 2.13 bits per heavy atom. The molecule has 0 aliphatic carbocycles. The molecule has 0 saturated carbocycles. The number of benzene rings is 2. The van der Waals surface area contributed by atoms with Gasteiger partial charge in [-0.25, -0.2) is 0 Å². The van der Waals surface area contributed by atoms with Crippen LogP contribution >= 0.6 is 0 Å². The Morgan fingerprint density at radius 2 is 1.58 bits per heavy atom. The van der Waals surface area contributed by atoms with Crippen molar-refractivity contribution in [2.75, 3.05) is 27.9 Å². The van der Waals surface area contributed by atoms with Crippen molar-refractivity contribution in [3.05, 3.63) is 53.6 Å². The fourth-order valence-electron chi connectivity index (χ4n) is 3.01. The molecule has 0 radical (unpaired) electrons. The van der Waals surface area contributed by atoms with Crippen molar-refractivity contribution in [1.29, 1.82) is 0 Å². The van der Waals surface area contributed by atoms with Gasteiger partial charge in [-0.3, -0.25) is 9.59 Å². The minimum atomic E-state index is -0.605. The molecule has 2 aromatic rings. The lowest BCUT2D eigenvalue weighted by Gasteiger charge is -2.20. The summed E-state index contributed by atoms with van der Waals surface area (Å²) in [6.07, 6.45) is -0.0298. The second-order valence-electron chi connectivity index (χ2n) is 8.08. The molecule has 31 heavy (non-hydrogen) atoms. The summed E-state index contributed by atoms with van der Waals surface area (Å²) in [4.78, 5) is 24.4. The Balaban J connectivity index is 2.08. The molecule has 0 aromatic heterocycles. The summed E-state index contributed by atoms with van der Waals surface area (Å²) in [5, 5.41) is 2.83. The van der Waals surface area contributed by atoms with Crippen LogP contribution in [0.15, 0.2) is 42.5 Å². The summed E-state index contributed by atoms with van der Waals surface area (Å²) in [5.74, 6) is 0.844. The smallest absolute Gasteiger partial charge is 0.307 e. The van der Waals surface area contributed by atoms with E-state index >= 15 is 0 Å². The monoisotopic (exact) mass is 429 g/mol. The van der Waals surface area contributed by atoms with Gasteiger partial charge in [0.25, 0.3) is 5.91 Å². The quantitative estimate of drug-likeness (QED) is 0.611. The van der Waals surface area contributed by atoms with Crippen LogP contribution in [-0.4, -0.2) is 39.8 Å². The minimum Gasteiger partial charge on any atom is -0.493 e. The van der Waals surface area contributed by atoms with E-state index in [2.05, 4.69) is 26.1 Å². The Hall–Kier alpha value is -3.22. The first-order chi connectivity index (χ1) is 14.7. The Morgan fingerprint density at radius 1 is 0.935 bits per heavy atom. The van der Waals surface area contributed by atoms with E-state index in [0.29, 0.717) is 22.8 Å². The van der Waals surface area contributed by atoms with E-state index in [1.807, 2.05) is 24.3 Å². The van der Waals surface area contributed by atoms with Crippen LogP contribution in [0.25, 0.3) is 0 Å². The Kier molecular flexibility index (Phi) is 8.30. The van der Waals surface area contributed by atoms with Gasteiger partial charge in [0.1, 0.15) is 5.75 Å². The van der Waals surface area contributed by atoms with E-state index in [4.69, 9.17) is 18.9 Å². The largest absolute Gasteiger partial charge is 0.493 e. The molecule has 0 spiro atoms. The van der Waals surface area contributed by atoms with Crippen molar-refractivity contribution in [3.8, 4) is 17.2 Å². The maximum Gasteiger partial charge on any atom is 0.307 e. The predicted octanol–water partition coefficient (Wildman–Crippen LogP) is 3.80. The third-order valence-corrected chi connectivity index (χ3v) is 4.83. The van der Waals surface area contributed by atoms with Crippen LogP contribution in [0.3, 0.4) is 0 Å². The van der Waals surface area contributed by atoms with Gasteiger partial charge >= 0.3 is 5.97 Å². The molecule has 168 valence electrons. The molecule has 0 bridgehead atoms. The molecular formula is C24H31NO6. The van der Waals surface area contributed by atoms with Gasteiger partial charge in [0.15, 0.2) is 18.1 Å². The van der Waals surface area contributed by atoms with Crippen molar-refractivity contribution >= 4 is 11.9 Å². The van der Waals surface area contributed by atoms with Gasteiger partial charge in [-0.1, -0.05) is 39.0 Å². The highest BCUT2D eigenvalue weighted by Crippen LogP contribution is 2.31. The number of rotatable bonds is 9. The van der Waals surface area contributed by atoms with Crippen molar-refractivity contribution in [2.45, 2.75) is 38.6 Å². The SMILES string of the molecule is COC(=O)CC(NC(=O)COc1ccc(C(C)(C)C)cc1)c1ccc(OC)c(OC)c1. The highest BCUT2D eigenvalue weighted by Gasteiger charge is 2.21. The topological polar surface area (TPSA) is 83.1 Å². The van der Waals surface area contributed by atoms with Gasteiger partial charge in [-0.2, -0.15) is 0 Å². The van der Waals surface area contributed by atoms with Crippen molar-refractivity contribution in [2.24, 2.45) is 0 Å². The van der Waals surface area contributed by atoms with E-state index in [9.17, 15) is 9.59 Å². The van der Waals surface area contributed by atoms with Crippen LogP contribution in [0.1, 0.15) is 44.4 Å². The number of carbonyl (C=O) groups excluding carboxylic acids is 2. The normalized spacial score (nSPS) is 11.9. The lowest BCUT2D eigenvalue weighted by atomic mass is 9.87. The molecule has 7 nitrogen and oxygen atoms in total. The molecule has 2 aromatic carbocycles. The average Bonchev–Trinajstić information content (AvgIpc) is 2.76. The first kappa shape index (κ1) is 24.1. The molecule has 1 amide bonds. The van der Waals surface area contributed by atoms with Crippen LogP contribution < -0.4 is 19.5 Å². The number of carbonyl (C=O) groups is 2. The van der Waals surface area contributed by atoms with E-state index in [0.717, 1.165) is 0 Å². The van der Waals surface area contributed by atoms with Gasteiger partial charge < -0.3 is 24.3 Å². The fourth-order valence-corrected chi connectivity index (χ4v) is 3.01. The molecule has 0 saturated heterocycles. The summed E-state index contributed by atoms with van der Waals surface area (Å²) < 4.78 is 21.0. The highest BCUT2D eigenvalue weighted by atomic mass is 16.5. The van der Waals surface area contributed by atoms with Crippen LogP contribution in [0, 0.1) is 0 Å². The Labute approximate surface area is 183 Å². The summed E-state index contributed by atoms with van der Waals surface area (Å²) in [6.45, 7) is 6.21. The van der Waals surface area contributed by atoms with Crippen molar-refractivity contribution < 1.29 is 28.5 Å². The van der Waals surface area contributed by atoms with Crippen LogP contribution in [0.2, 0.25) is 0 Å². The lowest BCUT2D eigenvalue weighted by Crippen LogP contribution is -2.34. The summed E-state index contributed by atoms with van der Waals surface area (Å²) in [5.41, 5.74) is 1.90. The third kappa shape index (κ3) is 6.91. The van der Waals surface area contributed by atoms with Gasteiger partial charge in [0.05, 0.1) is 33.8 Å². The minimum absolute atomic E-state index is 0.0298. The summed E-state index contributed by atoms with van der Waals surface area (Å²) >= 11 is 0. The fraction of sp³-hybridized carbons (Fsp3) is 0.417. The number of hydrogen-bond donors (Lipinski definition) is 1. The number of ether oxygens (including phenoxy) is 4. The molecule has 1 unspecified atom stereocenters. The number of esters is 1. The van der Waals surface area contributed by atoms with Crippen LogP contribution in [-0.2, 0) is 19.7 Å². The number of amides is 1. The molecule has 1 N–H and O–H groups in total. The van der Waals surface area contributed by atoms with Crippen LogP contribution in [0.4, 0.5) is 0 Å². The van der Waals surface area contributed by atoms with E-state index in [-0.39, 0.29) is 24.3 Å². The van der Waals surface area contributed by atoms with Gasteiger partial charge in [-0.15, -0.1) is 0 Å². The zero-order chi connectivity index (χ0) is 23.0. The molecular weight excluding hydrogens is 398 g/mol. The summed E-state index contributed by atoms with van der Waals surface area (Å²) in [6, 6.07) is 12.3. The zero-order valence-corrected chi connectivity index (χ0v) is 19.0. The standard InChI is InChI=1S/C24H31NO6/c1-24(2,3)17-8-10-18(11-9-17)31-15-22(26)25-19(14-23(27)30-6)16-7-12-20(28-4)21(13-16)29-5/h7-13,19H,14-15H2,1-6H3,(H,25,26). The second kappa shape index (κ2) is 10.7. The van der Waals surface area contributed by atoms with Crippen molar-refractivity contribution in [1.82, 2.24) is 5.32 Å². The maximum atomic E-state index is 12.5. The lowest BCUT2D eigenvalue weighted by molar-refractivity contribution is -0.141. The second-order valence-corrected chi connectivity index (χ2v) is 8.08. The first-order valence-corrected chi connectivity index (χ1v) is 9.99.